The molecule has 6 nitrogen and oxygen atoms in total. The first-order chi connectivity index (χ1) is 12.2. The minimum Gasteiger partial charge on any atom is -0.352 e. The Balaban J connectivity index is 1.70. The molecule has 0 amide bonds. The topological polar surface area (TPSA) is 75.6 Å². The average Bonchev–Trinajstić information content (AvgIpc) is 3.05. The van der Waals surface area contributed by atoms with Crippen molar-refractivity contribution in [3.05, 3.63) is 82.3 Å². The van der Waals surface area contributed by atoms with Gasteiger partial charge in [0.2, 0.25) is 5.95 Å². The maximum atomic E-state index is 12.3. The summed E-state index contributed by atoms with van der Waals surface area (Å²) in [6.07, 6.45) is 1.54. The predicted molar refractivity (Wildman–Crippen MR) is 98.0 cm³/mol. The molecule has 0 bridgehead atoms. The third-order valence-electron chi connectivity index (χ3n) is 3.98. The van der Waals surface area contributed by atoms with Gasteiger partial charge in [0.1, 0.15) is 5.39 Å². The van der Waals surface area contributed by atoms with Crippen LogP contribution in [0.1, 0.15) is 11.1 Å². The lowest BCUT2D eigenvalue weighted by Gasteiger charge is -2.07. The molecular weight excluding hydrogens is 314 g/mol. The molecule has 2 N–H and O–H groups in total. The van der Waals surface area contributed by atoms with E-state index < -0.39 is 0 Å². The zero-order chi connectivity index (χ0) is 17.2. The summed E-state index contributed by atoms with van der Waals surface area (Å²) < 4.78 is 1.67. The van der Waals surface area contributed by atoms with Crippen molar-refractivity contribution >= 4 is 17.0 Å². The molecule has 25 heavy (non-hydrogen) atoms. The summed E-state index contributed by atoms with van der Waals surface area (Å²) in [7, 11) is 0. The van der Waals surface area contributed by atoms with E-state index in [1.165, 1.54) is 5.56 Å². The van der Waals surface area contributed by atoms with E-state index in [-0.39, 0.29) is 5.56 Å². The highest BCUT2D eigenvalue weighted by molar-refractivity contribution is 5.76. The van der Waals surface area contributed by atoms with Gasteiger partial charge in [-0.05, 0) is 24.6 Å². The maximum Gasteiger partial charge on any atom is 0.263 e. The van der Waals surface area contributed by atoms with Gasteiger partial charge in [0.05, 0.1) is 11.9 Å². The molecule has 2 aromatic carbocycles. The van der Waals surface area contributed by atoms with Gasteiger partial charge in [-0.25, -0.2) is 4.68 Å². The molecule has 0 saturated carbocycles. The molecule has 0 radical (unpaired) electrons. The van der Waals surface area contributed by atoms with Crippen LogP contribution in [0.15, 0.2) is 65.6 Å². The van der Waals surface area contributed by atoms with Crippen LogP contribution in [0.2, 0.25) is 0 Å². The van der Waals surface area contributed by atoms with E-state index in [4.69, 9.17) is 0 Å². The number of aromatic amines is 1. The Morgan fingerprint density at radius 1 is 1.12 bits per heavy atom. The highest BCUT2D eigenvalue weighted by Crippen LogP contribution is 2.15. The van der Waals surface area contributed by atoms with E-state index in [1.807, 2.05) is 55.5 Å². The molecule has 2 heterocycles. The molecule has 124 valence electrons. The molecular formula is C19H17N5O. The fraction of sp³-hybridized carbons (Fsp3) is 0.105. The van der Waals surface area contributed by atoms with E-state index in [0.717, 1.165) is 11.3 Å². The van der Waals surface area contributed by atoms with Crippen molar-refractivity contribution < 1.29 is 0 Å². The van der Waals surface area contributed by atoms with Crippen molar-refractivity contribution in [3.8, 4) is 5.69 Å². The number of rotatable bonds is 4. The number of hydrogen-bond donors (Lipinski definition) is 2. The number of H-pyrrole nitrogens is 1. The molecule has 0 fully saturated rings. The molecule has 2 aromatic heterocycles. The highest BCUT2D eigenvalue weighted by Gasteiger charge is 2.11. The van der Waals surface area contributed by atoms with Gasteiger partial charge < -0.3 is 5.32 Å². The van der Waals surface area contributed by atoms with Crippen LogP contribution in [0.3, 0.4) is 0 Å². The summed E-state index contributed by atoms with van der Waals surface area (Å²) in [4.78, 5) is 19.6. The van der Waals surface area contributed by atoms with Gasteiger partial charge in [-0.2, -0.15) is 10.1 Å². The molecule has 0 aliphatic rings. The van der Waals surface area contributed by atoms with E-state index in [1.54, 1.807) is 10.9 Å². The maximum absolute atomic E-state index is 12.3. The van der Waals surface area contributed by atoms with Crippen molar-refractivity contribution in [3.63, 3.8) is 0 Å². The normalized spacial score (nSPS) is 10.9. The molecule has 0 aliphatic carbocycles. The summed E-state index contributed by atoms with van der Waals surface area (Å²) in [5.41, 5.74) is 3.50. The molecule has 4 aromatic rings. The molecule has 0 unspecified atom stereocenters. The Bertz CT molecular complexity index is 1080. The quantitative estimate of drug-likeness (QED) is 0.603. The number of fused-ring (bicyclic) bond motifs is 1. The van der Waals surface area contributed by atoms with Crippen molar-refractivity contribution in [2.45, 2.75) is 13.5 Å². The van der Waals surface area contributed by atoms with E-state index in [9.17, 15) is 4.79 Å². The zero-order valence-electron chi connectivity index (χ0n) is 13.7. The van der Waals surface area contributed by atoms with Crippen molar-refractivity contribution in [2.75, 3.05) is 5.32 Å². The standard InChI is InChI=1S/C19H17N5O/c1-13-6-5-7-14(10-13)11-20-19-22-17-16(18(25)23-19)12-21-24(17)15-8-3-2-4-9-15/h2-10,12H,11H2,1H3,(H2,20,22,23,25). The molecule has 0 spiro atoms. The number of para-hydroxylation sites is 1. The van der Waals surface area contributed by atoms with Crippen molar-refractivity contribution in [1.82, 2.24) is 19.7 Å². The number of anilines is 1. The minimum absolute atomic E-state index is 0.209. The van der Waals surface area contributed by atoms with Crippen molar-refractivity contribution in [1.29, 1.82) is 0 Å². The van der Waals surface area contributed by atoms with Crippen LogP contribution in [-0.2, 0) is 6.54 Å². The Labute approximate surface area is 144 Å². The first-order valence-corrected chi connectivity index (χ1v) is 8.03. The number of aromatic nitrogens is 4. The zero-order valence-corrected chi connectivity index (χ0v) is 13.7. The fourth-order valence-electron chi connectivity index (χ4n) is 2.77. The van der Waals surface area contributed by atoms with Gasteiger partial charge in [0.25, 0.3) is 5.56 Å². The van der Waals surface area contributed by atoms with Crippen LogP contribution in [-0.4, -0.2) is 19.7 Å². The number of nitrogens with zero attached hydrogens (tertiary/aromatic N) is 3. The molecule has 0 atom stereocenters. The largest absolute Gasteiger partial charge is 0.352 e. The second-order valence-corrected chi connectivity index (χ2v) is 5.89. The second-order valence-electron chi connectivity index (χ2n) is 5.89. The Hall–Kier alpha value is -3.41. The van der Waals surface area contributed by atoms with Gasteiger partial charge in [0.15, 0.2) is 5.65 Å². The lowest BCUT2D eigenvalue weighted by molar-refractivity contribution is 0.893. The number of hydrogen-bond acceptors (Lipinski definition) is 4. The van der Waals surface area contributed by atoms with Gasteiger partial charge in [-0.15, -0.1) is 0 Å². The SMILES string of the molecule is Cc1cccc(CNc2nc3c(cnn3-c3ccccc3)c(=O)[nH]2)c1. The van der Waals surface area contributed by atoms with E-state index in [2.05, 4.69) is 26.4 Å². The number of benzene rings is 2. The Morgan fingerprint density at radius 2 is 1.96 bits per heavy atom. The number of nitrogens with one attached hydrogen (secondary N) is 2. The van der Waals surface area contributed by atoms with E-state index >= 15 is 0 Å². The summed E-state index contributed by atoms with van der Waals surface area (Å²) in [5.74, 6) is 0.427. The average molecular weight is 331 g/mol. The second kappa shape index (κ2) is 6.24. The Morgan fingerprint density at radius 3 is 2.76 bits per heavy atom. The van der Waals surface area contributed by atoms with Gasteiger partial charge in [-0.1, -0.05) is 48.0 Å². The fourth-order valence-corrected chi connectivity index (χ4v) is 2.77. The Kier molecular flexibility index (Phi) is 3.78. The van der Waals surface area contributed by atoms with Crippen LogP contribution in [0.4, 0.5) is 5.95 Å². The van der Waals surface area contributed by atoms with Gasteiger partial charge in [-0.3, -0.25) is 9.78 Å². The first-order valence-electron chi connectivity index (χ1n) is 8.03. The smallest absolute Gasteiger partial charge is 0.263 e. The monoisotopic (exact) mass is 331 g/mol. The summed E-state index contributed by atoms with van der Waals surface area (Å²) in [6.45, 7) is 2.63. The van der Waals surface area contributed by atoms with Crippen LogP contribution in [0, 0.1) is 6.92 Å². The third-order valence-corrected chi connectivity index (χ3v) is 3.98. The molecule has 4 rings (SSSR count). The highest BCUT2D eigenvalue weighted by atomic mass is 16.1. The van der Waals surface area contributed by atoms with E-state index in [0.29, 0.717) is 23.5 Å². The molecule has 6 heteroatoms. The first kappa shape index (κ1) is 15.1. The minimum atomic E-state index is -0.209. The van der Waals surface area contributed by atoms with Crippen LogP contribution >= 0.6 is 0 Å². The lowest BCUT2D eigenvalue weighted by Crippen LogP contribution is -2.13. The van der Waals surface area contributed by atoms with Crippen molar-refractivity contribution in [2.24, 2.45) is 0 Å². The van der Waals surface area contributed by atoms with Gasteiger partial charge >= 0.3 is 0 Å². The van der Waals surface area contributed by atoms with Crippen LogP contribution < -0.4 is 10.9 Å². The van der Waals surface area contributed by atoms with Crippen LogP contribution in [0.5, 0.6) is 0 Å². The predicted octanol–water partition coefficient (Wildman–Crippen LogP) is 3.03. The molecule has 0 saturated heterocycles. The lowest BCUT2D eigenvalue weighted by atomic mass is 10.1. The summed E-state index contributed by atoms with van der Waals surface area (Å²) >= 11 is 0. The summed E-state index contributed by atoms with van der Waals surface area (Å²) in [5, 5.41) is 7.95. The summed E-state index contributed by atoms with van der Waals surface area (Å²) in [6, 6.07) is 17.8. The third kappa shape index (κ3) is 3.01. The number of aryl methyl sites for hydroxylation is 1. The molecule has 0 aliphatic heterocycles. The van der Waals surface area contributed by atoms with Gasteiger partial charge in [0, 0.05) is 6.54 Å². The van der Waals surface area contributed by atoms with Crippen LogP contribution in [0.25, 0.3) is 16.7 Å².